The standard InChI is InChI=1S/C42H33ClF2N6OS/c43-33-22-46-41-37(47-33)30(23-51(41)42(27-10-4-1-5-11-27,28-12-6-2-7-13-28)29-14-8-3-9-15-29)39-49-38(32-20-21-34(44)53-32)35(45)40(50-39)48-36-26-18-16-25(17-19-26)31(36)24-52/h1-15,20-26,31,36H,16-19H2,(H,48,49,50). The van der Waals surface area contributed by atoms with Gasteiger partial charge in [0.1, 0.15) is 28.2 Å². The Morgan fingerprint density at radius 1 is 0.792 bits per heavy atom. The Morgan fingerprint density at radius 3 is 1.96 bits per heavy atom. The molecule has 53 heavy (non-hydrogen) atoms. The van der Waals surface area contributed by atoms with E-state index in [1.165, 1.54) is 18.3 Å². The fourth-order valence-corrected chi connectivity index (χ4v) is 9.52. The molecule has 7 nitrogen and oxygen atoms in total. The maximum atomic E-state index is 16.7. The zero-order valence-electron chi connectivity index (χ0n) is 28.4. The van der Waals surface area contributed by atoms with Crippen LogP contribution in [0.4, 0.5) is 14.6 Å². The van der Waals surface area contributed by atoms with Gasteiger partial charge in [-0.2, -0.15) is 4.39 Å². The Labute approximate surface area is 313 Å². The van der Waals surface area contributed by atoms with Crippen molar-refractivity contribution in [2.24, 2.45) is 17.8 Å². The number of carbonyl (C=O) groups excluding carboxylic acids is 1. The van der Waals surface area contributed by atoms with Crippen molar-refractivity contribution < 1.29 is 13.6 Å². The third kappa shape index (κ3) is 5.63. The molecule has 3 aliphatic rings. The van der Waals surface area contributed by atoms with Crippen LogP contribution in [-0.2, 0) is 10.3 Å². The van der Waals surface area contributed by atoms with Crippen LogP contribution in [0.1, 0.15) is 42.4 Å². The predicted octanol–water partition coefficient (Wildman–Crippen LogP) is 9.80. The molecule has 3 aliphatic carbocycles. The first-order chi connectivity index (χ1) is 25.9. The molecule has 0 spiro atoms. The maximum Gasteiger partial charge on any atom is 0.192 e. The van der Waals surface area contributed by atoms with Gasteiger partial charge in [0.25, 0.3) is 0 Å². The highest BCUT2D eigenvalue weighted by Crippen LogP contribution is 2.47. The number of carbonyl (C=O) groups is 1. The van der Waals surface area contributed by atoms with E-state index in [1.54, 1.807) is 0 Å². The van der Waals surface area contributed by atoms with Crippen LogP contribution in [0.15, 0.2) is 116 Å². The lowest BCUT2D eigenvalue weighted by Crippen LogP contribution is -2.49. The summed E-state index contributed by atoms with van der Waals surface area (Å²) in [5.74, 6) is -0.419. The van der Waals surface area contributed by atoms with Crippen LogP contribution < -0.4 is 5.32 Å². The number of hydrogen-bond donors (Lipinski definition) is 1. The van der Waals surface area contributed by atoms with Gasteiger partial charge < -0.3 is 14.7 Å². The fourth-order valence-electron chi connectivity index (χ4n) is 8.68. The molecule has 2 unspecified atom stereocenters. The van der Waals surface area contributed by atoms with E-state index in [2.05, 4.69) is 46.3 Å². The van der Waals surface area contributed by atoms with Crippen molar-refractivity contribution in [2.75, 3.05) is 5.32 Å². The van der Waals surface area contributed by atoms with Gasteiger partial charge in [-0.15, -0.1) is 11.3 Å². The molecule has 3 saturated carbocycles. The van der Waals surface area contributed by atoms with Gasteiger partial charge >= 0.3 is 0 Å². The normalized spacial score (nSPS) is 19.8. The van der Waals surface area contributed by atoms with Crippen LogP contribution in [-0.4, -0.2) is 36.8 Å². The SMILES string of the molecule is O=CC1C2CCC(CC2)C1Nc1nc(-c2cn(C(c3ccccc3)(c3ccccc3)c3ccccc3)c3ncc(Cl)nc23)nc(-c2ccc(F)s2)c1F. The number of thiophene rings is 1. The van der Waals surface area contributed by atoms with Crippen molar-refractivity contribution in [2.45, 2.75) is 37.3 Å². The van der Waals surface area contributed by atoms with Gasteiger partial charge in [-0.05, 0) is 66.3 Å². The van der Waals surface area contributed by atoms with E-state index in [0.29, 0.717) is 21.6 Å². The van der Waals surface area contributed by atoms with Gasteiger partial charge in [0.05, 0.1) is 16.6 Å². The first kappa shape index (κ1) is 33.5. The minimum Gasteiger partial charge on any atom is -0.364 e. The van der Waals surface area contributed by atoms with Crippen molar-refractivity contribution in [1.82, 2.24) is 24.5 Å². The number of nitrogens with one attached hydrogen (secondary N) is 1. The Balaban J connectivity index is 1.32. The van der Waals surface area contributed by atoms with Crippen LogP contribution >= 0.6 is 22.9 Å². The molecule has 264 valence electrons. The zero-order chi connectivity index (χ0) is 36.1. The van der Waals surface area contributed by atoms with Crippen molar-refractivity contribution >= 4 is 46.2 Å². The number of aromatic nitrogens is 5. The van der Waals surface area contributed by atoms with Crippen molar-refractivity contribution in [1.29, 1.82) is 0 Å². The van der Waals surface area contributed by atoms with Crippen LogP contribution in [0.3, 0.4) is 0 Å². The summed E-state index contributed by atoms with van der Waals surface area (Å²) >= 11 is 7.37. The minimum atomic E-state index is -0.970. The van der Waals surface area contributed by atoms with Gasteiger partial charge in [0.15, 0.2) is 28.2 Å². The van der Waals surface area contributed by atoms with E-state index in [4.69, 9.17) is 31.5 Å². The van der Waals surface area contributed by atoms with Gasteiger partial charge in [0.2, 0.25) is 0 Å². The molecule has 1 N–H and O–H groups in total. The van der Waals surface area contributed by atoms with Gasteiger partial charge in [-0.25, -0.2) is 24.3 Å². The molecular formula is C42H33ClF2N6OS. The Kier molecular flexibility index (Phi) is 8.59. The average Bonchev–Trinajstić information content (AvgIpc) is 3.81. The second-order valence-electron chi connectivity index (χ2n) is 13.8. The zero-order valence-corrected chi connectivity index (χ0v) is 29.9. The van der Waals surface area contributed by atoms with Crippen LogP contribution in [0.25, 0.3) is 33.1 Å². The summed E-state index contributed by atoms with van der Waals surface area (Å²) in [6, 6.07) is 32.9. The number of benzene rings is 3. The summed E-state index contributed by atoms with van der Waals surface area (Å²) in [6.45, 7) is 0. The summed E-state index contributed by atoms with van der Waals surface area (Å²) in [5.41, 5.74) is 3.23. The lowest BCUT2D eigenvalue weighted by atomic mass is 9.62. The van der Waals surface area contributed by atoms with Gasteiger partial charge in [-0.1, -0.05) is 103 Å². The number of hydrogen-bond acceptors (Lipinski definition) is 7. The van der Waals surface area contributed by atoms with E-state index in [9.17, 15) is 9.18 Å². The molecule has 3 aromatic carbocycles. The molecular weight excluding hydrogens is 710 g/mol. The molecule has 10 rings (SSSR count). The quantitative estimate of drug-likeness (QED) is 0.117. The first-order valence-corrected chi connectivity index (χ1v) is 18.9. The van der Waals surface area contributed by atoms with Crippen molar-refractivity contribution in [3.8, 4) is 22.0 Å². The molecule has 3 fully saturated rings. The average molecular weight is 743 g/mol. The highest BCUT2D eigenvalue weighted by molar-refractivity contribution is 7.13. The van der Waals surface area contributed by atoms with Crippen molar-refractivity contribution in [3.63, 3.8) is 0 Å². The molecule has 4 aromatic heterocycles. The number of aldehydes is 1. The van der Waals surface area contributed by atoms with Gasteiger partial charge in [-0.3, -0.25) is 0 Å². The number of rotatable bonds is 9. The smallest absolute Gasteiger partial charge is 0.192 e. The van der Waals surface area contributed by atoms with Crippen LogP contribution in [0.2, 0.25) is 5.15 Å². The van der Waals surface area contributed by atoms with Gasteiger partial charge in [0, 0.05) is 18.2 Å². The maximum absolute atomic E-state index is 16.7. The lowest BCUT2D eigenvalue weighted by Gasteiger charge is -2.46. The number of halogens is 3. The van der Waals surface area contributed by atoms with E-state index < -0.39 is 16.5 Å². The summed E-state index contributed by atoms with van der Waals surface area (Å²) in [4.78, 5) is 32.0. The molecule has 4 heterocycles. The van der Waals surface area contributed by atoms with E-state index in [-0.39, 0.29) is 46.3 Å². The highest BCUT2D eigenvalue weighted by atomic mass is 35.5. The van der Waals surface area contributed by atoms with Crippen LogP contribution in [0.5, 0.6) is 0 Å². The number of nitrogens with zero attached hydrogens (tertiary/aromatic N) is 5. The molecule has 0 amide bonds. The summed E-state index contributed by atoms with van der Waals surface area (Å²) in [7, 11) is 0. The monoisotopic (exact) mass is 742 g/mol. The second-order valence-corrected chi connectivity index (χ2v) is 15.2. The predicted molar refractivity (Wildman–Crippen MR) is 204 cm³/mol. The topological polar surface area (TPSA) is 85.6 Å². The third-order valence-electron chi connectivity index (χ3n) is 11.0. The fraction of sp³-hybridized carbons (Fsp3) is 0.214. The Bertz CT molecular complexity index is 2340. The summed E-state index contributed by atoms with van der Waals surface area (Å²) in [6.07, 6.45) is 8.29. The summed E-state index contributed by atoms with van der Waals surface area (Å²) in [5, 5.41) is 3.06. The second kappa shape index (κ2) is 13.6. The Morgan fingerprint density at radius 2 is 1.40 bits per heavy atom. The third-order valence-corrected chi connectivity index (χ3v) is 12.1. The van der Waals surface area contributed by atoms with E-state index in [1.807, 2.05) is 60.8 Å². The molecule has 2 bridgehead atoms. The van der Waals surface area contributed by atoms with E-state index in [0.717, 1.165) is 60.0 Å². The van der Waals surface area contributed by atoms with Crippen molar-refractivity contribution in [3.05, 3.63) is 148 Å². The first-order valence-electron chi connectivity index (χ1n) is 17.7. The molecule has 0 saturated heterocycles. The summed E-state index contributed by atoms with van der Waals surface area (Å²) < 4.78 is 33.2. The lowest BCUT2D eigenvalue weighted by molar-refractivity contribution is -0.116. The number of anilines is 1. The van der Waals surface area contributed by atoms with E-state index >= 15 is 4.39 Å². The molecule has 0 aliphatic heterocycles. The molecule has 2 atom stereocenters. The largest absolute Gasteiger partial charge is 0.364 e. The Hall–Kier alpha value is -5.32. The molecule has 0 radical (unpaired) electrons. The number of fused-ring (bicyclic) bond motifs is 4. The molecule has 7 aromatic rings. The molecule has 11 heteroatoms. The minimum absolute atomic E-state index is 0.0421. The highest BCUT2D eigenvalue weighted by Gasteiger charge is 2.45. The van der Waals surface area contributed by atoms with Crippen LogP contribution in [0, 0.1) is 28.7 Å².